The Bertz CT molecular complexity index is 890. The first-order valence-electron chi connectivity index (χ1n) is 8.80. The molecule has 1 fully saturated rings. The third kappa shape index (κ3) is 3.20. The second kappa shape index (κ2) is 7.25. The molecule has 8 heteroatoms. The molecule has 2 aromatic rings. The number of likely N-dealkylation sites (N-methyl/N-ethyl adjacent to an activating group) is 1. The molecule has 138 valence electrons. The minimum atomic E-state index is -0.662. The molecule has 0 spiro atoms. The molecule has 1 aliphatic rings. The number of nitrogens with one attached hydrogen (secondary N) is 1. The molecule has 3 N–H and O–H groups in total. The number of rotatable bonds is 4. The van der Waals surface area contributed by atoms with Gasteiger partial charge in [0.25, 0.3) is 11.5 Å². The number of hydrogen-bond donors (Lipinski definition) is 2. The molecule has 0 bridgehead atoms. The summed E-state index contributed by atoms with van der Waals surface area (Å²) in [6, 6.07) is 6.03. The number of nitrogens with zero attached hydrogens (tertiary/aromatic N) is 3. The molecule has 1 aromatic heterocycles. The number of likely N-dealkylation sites (tertiary alicyclic amines) is 1. The van der Waals surface area contributed by atoms with E-state index in [1.165, 1.54) is 4.90 Å². The highest BCUT2D eigenvalue weighted by Crippen LogP contribution is 2.21. The van der Waals surface area contributed by atoms with Crippen LogP contribution in [0.25, 0.3) is 11.0 Å². The predicted octanol–water partition coefficient (Wildman–Crippen LogP) is 0.333. The maximum atomic E-state index is 13.0. The van der Waals surface area contributed by atoms with Gasteiger partial charge in [-0.1, -0.05) is 12.1 Å². The molecule has 1 aliphatic heterocycles. The number of H-pyrrole nitrogens is 1. The highest BCUT2D eigenvalue weighted by Gasteiger charge is 2.41. The van der Waals surface area contributed by atoms with Crippen LogP contribution >= 0.6 is 0 Å². The lowest BCUT2D eigenvalue weighted by atomic mass is 10.1. The Morgan fingerprint density at radius 3 is 2.69 bits per heavy atom. The van der Waals surface area contributed by atoms with Crippen molar-refractivity contribution in [2.24, 2.45) is 5.73 Å². The van der Waals surface area contributed by atoms with Gasteiger partial charge in [0.1, 0.15) is 6.04 Å². The Morgan fingerprint density at radius 1 is 1.31 bits per heavy atom. The summed E-state index contributed by atoms with van der Waals surface area (Å²) in [4.78, 5) is 48.0. The summed E-state index contributed by atoms with van der Waals surface area (Å²) in [5.74, 6) is -0.705. The van der Waals surface area contributed by atoms with E-state index in [0.717, 1.165) is 0 Å². The molecule has 2 amide bonds. The van der Waals surface area contributed by atoms with Crippen molar-refractivity contribution >= 4 is 22.8 Å². The van der Waals surface area contributed by atoms with Crippen molar-refractivity contribution in [1.82, 2.24) is 19.8 Å². The van der Waals surface area contributed by atoms with Crippen molar-refractivity contribution in [2.45, 2.75) is 32.4 Å². The van der Waals surface area contributed by atoms with E-state index in [2.05, 4.69) is 9.97 Å². The number of aromatic nitrogens is 2. The molecular formula is C18H23N5O3. The summed E-state index contributed by atoms with van der Waals surface area (Å²) in [6.07, 6.45) is 0.382. The molecule has 3 rings (SSSR count). The average Bonchev–Trinajstić information content (AvgIpc) is 3.03. The first kappa shape index (κ1) is 18.1. The molecular weight excluding hydrogens is 334 g/mol. The fourth-order valence-corrected chi connectivity index (χ4v) is 3.38. The van der Waals surface area contributed by atoms with Gasteiger partial charge in [0.2, 0.25) is 5.91 Å². The molecule has 0 saturated carbocycles. The molecule has 2 heterocycles. The number of amides is 2. The zero-order valence-electron chi connectivity index (χ0n) is 14.9. The largest absolute Gasteiger partial charge is 0.341 e. The summed E-state index contributed by atoms with van der Waals surface area (Å²) >= 11 is 0. The van der Waals surface area contributed by atoms with E-state index >= 15 is 0 Å². The number of fused-ring (bicyclic) bond motifs is 1. The lowest BCUT2D eigenvalue weighted by Gasteiger charge is -2.28. The van der Waals surface area contributed by atoms with Crippen LogP contribution in [0.5, 0.6) is 0 Å². The van der Waals surface area contributed by atoms with E-state index in [4.69, 9.17) is 5.73 Å². The van der Waals surface area contributed by atoms with Crippen molar-refractivity contribution in [2.75, 3.05) is 19.6 Å². The highest BCUT2D eigenvalue weighted by molar-refractivity contribution is 5.97. The van der Waals surface area contributed by atoms with Gasteiger partial charge in [0.15, 0.2) is 5.69 Å². The summed E-state index contributed by atoms with van der Waals surface area (Å²) < 4.78 is 0. The van der Waals surface area contributed by atoms with Crippen LogP contribution in [0.1, 0.15) is 30.8 Å². The Balaban J connectivity index is 1.96. The van der Waals surface area contributed by atoms with Gasteiger partial charge in [-0.15, -0.1) is 0 Å². The third-order valence-corrected chi connectivity index (χ3v) is 4.76. The summed E-state index contributed by atoms with van der Waals surface area (Å²) in [5.41, 5.74) is 6.31. The number of carbonyl (C=O) groups excluding carboxylic acids is 2. The van der Waals surface area contributed by atoms with Crippen LogP contribution < -0.4 is 11.3 Å². The summed E-state index contributed by atoms with van der Waals surface area (Å²) in [7, 11) is 0. The average molecular weight is 357 g/mol. The van der Waals surface area contributed by atoms with Crippen molar-refractivity contribution < 1.29 is 9.59 Å². The third-order valence-electron chi connectivity index (χ3n) is 4.76. The highest BCUT2D eigenvalue weighted by atomic mass is 16.2. The lowest BCUT2D eigenvalue weighted by molar-refractivity contribution is -0.134. The number of hydrogen-bond acceptors (Lipinski definition) is 5. The van der Waals surface area contributed by atoms with E-state index in [1.54, 1.807) is 29.2 Å². The summed E-state index contributed by atoms with van der Waals surface area (Å²) in [5, 5.41) is 0. The van der Waals surface area contributed by atoms with Gasteiger partial charge in [-0.25, -0.2) is 4.98 Å². The standard InChI is InChI=1S/C18H23N5O3/c1-3-22(4-2)17(25)14-9-11(19)10-23(14)18(26)15-16(24)21-13-8-6-5-7-12(13)20-15/h5-8,11,14H,3-4,9-10,19H2,1-2H3,(H,21,24)/t11-,14-/m0/s1. The minimum Gasteiger partial charge on any atom is -0.341 e. The van der Waals surface area contributed by atoms with Gasteiger partial charge in [0.05, 0.1) is 11.0 Å². The molecule has 0 unspecified atom stereocenters. The van der Waals surface area contributed by atoms with Crippen LogP contribution in [0, 0.1) is 0 Å². The molecule has 2 atom stereocenters. The first-order chi connectivity index (χ1) is 12.5. The van der Waals surface area contributed by atoms with Crippen molar-refractivity contribution in [3.63, 3.8) is 0 Å². The first-order valence-corrected chi connectivity index (χ1v) is 8.80. The van der Waals surface area contributed by atoms with E-state index in [9.17, 15) is 14.4 Å². The molecule has 26 heavy (non-hydrogen) atoms. The number of aromatic amines is 1. The topological polar surface area (TPSA) is 112 Å². The van der Waals surface area contributed by atoms with Crippen molar-refractivity contribution in [3.05, 3.63) is 40.3 Å². The van der Waals surface area contributed by atoms with Gasteiger partial charge >= 0.3 is 0 Å². The predicted molar refractivity (Wildman–Crippen MR) is 97.7 cm³/mol. The van der Waals surface area contributed by atoms with Gasteiger partial charge in [0, 0.05) is 25.7 Å². The molecule has 8 nitrogen and oxygen atoms in total. The number of benzene rings is 1. The second-order valence-corrected chi connectivity index (χ2v) is 6.41. The Kier molecular flexibility index (Phi) is 5.03. The van der Waals surface area contributed by atoms with Gasteiger partial charge in [-0.2, -0.15) is 0 Å². The number of nitrogens with two attached hydrogens (primary N) is 1. The van der Waals surface area contributed by atoms with E-state index in [0.29, 0.717) is 30.5 Å². The smallest absolute Gasteiger partial charge is 0.280 e. The zero-order valence-corrected chi connectivity index (χ0v) is 14.9. The van der Waals surface area contributed by atoms with Crippen LogP contribution in [-0.2, 0) is 4.79 Å². The fraction of sp³-hybridized carbons (Fsp3) is 0.444. The molecule has 1 aromatic carbocycles. The van der Waals surface area contributed by atoms with E-state index < -0.39 is 17.5 Å². The second-order valence-electron chi connectivity index (χ2n) is 6.41. The minimum absolute atomic E-state index is 0.145. The summed E-state index contributed by atoms with van der Waals surface area (Å²) in [6.45, 7) is 5.11. The Labute approximate surface area is 151 Å². The zero-order chi connectivity index (χ0) is 18.8. The van der Waals surface area contributed by atoms with Crippen LogP contribution in [-0.4, -0.2) is 63.3 Å². The quantitative estimate of drug-likeness (QED) is 0.819. The van der Waals surface area contributed by atoms with Gasteiger partial charge in [-0.05, 0) is 32.4 Å². The van der Waals surface area contributed by atoms with Crippen LogP contribution in [0.3, 0.4) is 0 Å². The fourth-order valence-electron chi connectivity index (χ4n) is 3.38. The van der Waals surface area contributed by atoms with Crippen LogP contribution in [0.2, 0.25) is 0 Å². The van der Waals surface area contributed by atoms with Gasteiger partial charge < -0.3 is 20.5 Å². The van der Waals surface area contributed by atoms with E-state index in [1.807, 2.05) is 13.8 Å². The monoisotopic (exact) mass is 357 g/mol. The molecule has 1 saturated heterocycles. The van der Waals surface area contributed by atoms with Crippen molar-refractivity contribution in [1.29, 1.82) is 0 Å². The van der Waals surface area contributed by atoms with Crippen molar-refractivity contribution in [3.8, 4) is 0 Å². The molecule has 0 aliphatic carbocycles. The maximum Gasteiger partial charge on any atom is 0.280 e. The Hall–Kier alpha value is -2.74. The molecule has 0 radical (unpaired) electrons. The number of carbonyl (C=O) groups is 2. The van der Waals surface area contributed by atoms with Crippen LogP contribution in [0.4, 0.5) is 0 Å². The number of para-hydroxylation sites is 2. The van der Waals surface area contributed by atoms with Gasteiger partial charge in [-0.3, -0.25) is 14.4 Å². The Morgan fingerprint density at radius 2 is 2.00 bits per heavy atom. The van der Waals surface area contributed by atoms with Crippen LogP contribution in [0.15, 0.2) is 29.1 Å². The lowest BCUT2D eigenvalue weighted by Crippen LogP contribution is -2.48. The normalized spacial score (nSPS) is 19.7. The maximum absolute atomic E-state index is 13.0. The SMILES string of the molecule is CCN(CC)C(=O)[C@@H]1C[C@H](N)CN1C(=O)c1nc2ccccc2[nH]c1=O. The van der Waals surface area contributed by atoms with E-state index in [-0.39, 0.29) is 24.2 Å².